The minimum Gasteiger partial charge on any atom is -0.454 e. The largest absolute Gasteiger partial charge is 0.454 e. The molecule has 4 heteroatoms. The Morgan fingerprint density at radius 2 is 2.00 bits per heavy atom. The van der Waals surface area contributed by atoms with Crippen LogP contribution in [0, 0.1) is 5.92 Å². The van der Waals surface area contributed by atoms with E-state index in [4.69, 9.17) is 9.47 Å². The van der Waals surface area contributed by atoms with Crippen molar-refractivity contribution in [1.29, 1.82) is 0 Å². The van der Waals surface area contributed by atoms with E-state index in [9.17, 15) is 4.79 Å². The molecule has 1 heterocycles. The number of rotatable bonds is 4. The summed E-state index contributed by atoms with van der Waals surface area (Å²) in [6.45, 7) is 6.41. The van der Waals surface area contributed by atoms with E-state index in [1.54, 1.807) is 6.08 Å². The van der Waals surface area contributed by atoms with Crippen molar-refractivity contribution in [3.63, 3.8) is 0 Å². The Kier molecular flexibility index (Phi) is 4.10. The predicted molar refractivity (Wildman–Crippen MR) is 74.0 cm³/mol. The number of hydrogen-bond acceptors (Lipinski definition) is 3. The summed E-state index contributed by atoms with van der Waals surface area (Å²) in [7, 11) is 0. The monoisotopic (exact) mass is 261 g/mol. The van der Waals surface area contributed by atoms with Gasteiger partial charge in [0.2, 0.25) is 12.7 Å². The van der Waals surface area contributed by atoms with Gasteiger partial charge in [0.15, 0.2) is 11.5 Å². The highest BCUT2D eigenvalue weighted by Gasteiger charge is 2.12. The fourth-order valence-corrected chi connectivity index (χ4v) is 1.63. The third-order valence-corrected chi connectivity index (χ3v) is 3.19. The molecular weight excluding hydrogens is 242 g/mol. The summed E-state index contributed by atoms with van der Waals surface area (Å²) in [5, 5.41) is 2.92. The van der Waals surface area contributed by atoms with Gasteiger partial charge in [-0.2, -0.15) is 0 Å². The minimum absolute atomic E-state index is 0.0844. The van der Waals surface area contributed by atoms with Crippen molar-refractivity contribution in [3.8, 4) is 11.5 Å². The molecular formula is C15H19NO3. The fraction of sp³-hybridized carbons (Fsp3) is 0.400. The lowest BCUT2D eigenvalue weighted by atomic mass is 10.1. The molecule has 1 aromatic carbocycles. The molecule has 0 saturated heterocycles. The van der Waals surface area contributed by atoms with Gasteiger partial charge in [0.1, 0.15) is 0 Å². The van der Waals surface area contributed by atoms with Crippen molar-refractivity contribution in [2.75, 3.05) is 6.79 Å². The summed E-state index contributed by atoms with van der Waals surface area (Å²) in [4.78, 5) is 11.7. The average molecular weight is 261 g/mol. The van der Waals surface area contributed by atoms with E-state index in [1.165, 1.54) is 6.08 Å². The summed E-state index contributed by atoms with van der Waals surface area (Å²) in [5.74, 6) is 1.80. The Morgan fingerprint density at radius 3 is 2.74 bits per heavy atom. The molecule has 102 valence electrons. The number of carbonyl (C=O) groups excluding carboxylic acids is 1. The second-order valence-corrected chi connectivity index (χ2v) is 4.99. The number of nitrogens with one attached hydrogen (secondary N) is 1. The number of hydrogen-bond donors (Lipinski definition) is 1. The minimum atomic E-state index is -0.0844. The molecule has 0 radical (unpaired) electrons. The lowest BCUT2D eigenvalue weighted by Gasteiger charge is -2.15. The first-order valence-corrected chi connectivity index (χ1v) is 6.44. The molecule has 4 nitrogen and oxygen atoms in total. The van der Waals surface area contributed by atoms with Gasteiger partial charge in [0.05, 0.1) is 0 Å². The fourth-order valence-electron chi connectivity index (χ4n) is 1.63. The van der Waals surface area contributed by atoms with Crippen molar-refractivity contribution in [1.82, 2.24) is 5.32 Å². The highest BCUT2D eigenvalue weighted by atomic mass is 16.7. The maximum atomic E-state index is 11.7. The van der Waals surface area contributed by atoms with Crippen LogP contribution in [0.2, 0.25) is 0 Å². The average Bonchev–Trinajstić information content (AvgIpc) is 2.83. The van der Waals surface area contributed by atoms with E-state index in [0.717, 1.165) is 17.1 Å². The smallest absolute Gasteiger partial charge is 0.244 e. The summed E-state index contributed by atoms with van der Waals surface area (Å²) >= 11 is 0. The molecule has 0 saturated carbocycles. The van der Waals surface area contributed by atoms with E-state index in [-0.39, 0.29) is 18.7 Å². The van der Waals surface area contributed by atoms with Crippen molar-refractivity contribution < 1.29 is 14.3 Å². The predicted octanol–water partition coefficient (Wildman–Crippen LogP) is 2.59. The van der Waals surface area contributed by atoms with Gasteiger partial charge in [-0.15, -0.1) is 0 Å². The van der Waals surface area contributed by atoms with Crippen molar-refractivity contribution in [2.24, 2.45) is 5.92 Å². The number of amides is 1. The summed E-state index contributed by atoms with van der Waals surface area (Å²) < 4.78 is 10.5. The first kappa shape index (κ1) is 13.5. The van der Waals surface area contributed by atoms with Gasteiger partial charge in [-0.05, 0) is 36.6 Å². The van der Waals surface area contributed by atoms with Crippen molar-refractivity contribution in [3.05, 3.63) is 29.8 Å². The van der Waals surface area contributed by atoms with Crippen molar-refractivity contribution in [2.45, 2.75) is 26.8 Å². The van der Waals surface area contributed by atoms with Crippen LogP contribution in [0.5, 0.6) is 11.5 Å². The zero-order chi connectivity index (χ0) is 13.8. The Bertz CT molecular complexity index is 494. The van der Waals surface area contributed by atoms with Crippen LogP contribution < -0.4 is 14.8 Å². The molecule has 1 aromatic rings. The number of carbonyl (C=O) groups is 1. The Labute approximate surface area is 113 Å². The van der Waals surface area contributed by atoms with Crippen LogP contribution in [-0.2, 0) is 4.79 Å². The zero-order valence-corrected chi connectivity index (χ0v) is 11.5. The Hall–Kier alpha value is -1.97. The Morgan fingerprint density at radius 1 is 1.26 bits per heavy atom. The molecule has 1 atom stereocenters. The first-order chi connectivity index (χ1) is 9.06. The lowest BCUT2D eigenvalue weighted by Crippen LogP contribution is -2.34. The molecule has 0 unspecified atom stereocenters. The molecule has 0 aromatic heterocycles. The van der Waals surface area contributed by atoms with Gasteiger partial charge in [-0.25, -0.2) is 0 Å². The number of fused-ring (bicyclic) bond motifs is 1. The molecule has 0 aliphatic carbocycles. The Balaban J connectivity index is 1.97. The van der Waals surface area contributed by atoms with Gasteiger partial charge >= 0.3 is 0 Å². The van der Waals surface area contributed by atoms with Crippen LogP contribution in [0.15, 0.2) is 24.3 Å². The van der Waals surface area contributed by atoms with Gasteiger partial charge in [0, 0.05) is 12.1 Å². The third-order valence-electron chi connectivity index (χ3n) is 3.19. The van der Waals surface area contributed by atoms with E-state index >= 15 is 0 Å². The van der Waals surface area contributed by atoms with E-state index < -0.39 is 0 Å². The second-order valence-electron chi connectivity index (χ2n) is 4.99. The SMILES string of the molecule is CC(C)[C@H](C)NC(=O)/C=C/c1ccc2c(c1)OCO2. The molecule has 1 aliphatic rings. The van der Waals surface area contributed by atoms with E-state index in [1.807, 2.05) is 25.1 Å². The van der Waals surface area contributed by atoms with E-state index in [0.29, 0.717) is 5.92 Å². The molecule has 1 N–H and O–H groups in total. The second kappa shape index (κ2) is 5.78. The van der Waals surface area contributed by atoms with Crippen LogP contribution in [0.4, 0.5) is 0 Å². The maximum absolute atomic E-state index is 11.7. The standard InChI is InChI=1S/C15H19NO3/c1-10(2)11(3)16-15(17)7-5-12-4-6-13-14(8-12)19-9-18-13/h4-8,10-11H,9H2,1-3H3,(H,16,17)/b7-5+/t11-/m0/s1. The van der Waals surface area contributed by atoms with Gasteiger partial charge in [-0.3, -0.25) is 4.79 Å². The highest BCUT2D eigenvalue weighted by molar-refractivity contribution is 5.92. The molecule has 0 bridgehead atoms. The van der Waals surface area contributed by atoms with Crippen LogP contribution >= 0.6 is 0 Å². The van der Waals surface area contributed by atoms with Gasteiger partial charge in [-0.1, -0.05) is 19.9 Å². The molecule has 19 heavy (non-hydrogen) atoms. The summed E-state index contributed by atoms with van der Waals surface area (Å²) in [5.41, 5.74) is 0.914. The quantitative estimate of drug-likeness (QED) is 0.847. The van der Waals surface area contributed by atoms with Crippen LogP contribution in [-0.4, -0.2) is 18.7 Å². The maximum Gasteiger partial charge on any atom is 0.244 e. The van der Waals surface area contributed by atoms with E-state index in [2.05, 4.69) is 19.2 Å². The number of benzene rings is 1. The molecule has 1 amide bonds. The zero-order valence-electron chi connectivity index (χ0n) is 11.5. The normalized spacial score (nSPS) is 14.9. The summed E-state index contributed by atoms with van der Waals surface area (Å²) in [6.07, 6.45) is 3.31. The van der Waals surface area contributed by atoms with Crippen LogP contribution in [0.25, 0.3) is 6.08 Å². The third kappa shape index (κ3) is 3.50. The topological polar surface area (TPSA) is 47.6 Å². The van der Waals surface area contributed by atoms with Crippen LogP contribution in [0.3, 0.4) is 0 Å². The van der Waals surface area contributed by atoms with Gasteiger partial charge < -0.3 is 14.8 Å². The summed E-state index contributed by atoms with van der Waals surface area (Å²) in [6, 6.07) is 5.76. The van der Waals surface area contributed by atoms with Crippen LogP contribution in [0.1, 0.15) is 26.3 Å². The molecule has 0 spiro atoms. The van der Waals surface area contributed by atoms with Gasteiger partial charge in [0.25, 0.3) is 0 Å². The van der Waals surface area contributed by atoms with Crippen molar-refractivity contribution >= 4 is 12.0 Å². The molecule has 2 rings (SSSR count). The highest BCUT2D eigenvalue weighted by Crippen LogP contribution is 2.32. The molecule has 1 aliphatic heterocycles. The lowest BCUT2D eigenvalue weighted by molar-refractivity contribution is -0.117. The molecule has 0 fully saturated rings. The first-order valence-electron chi connectivity index (χ1n) is 6.44. The number of ether oxygens (including phenoxy) is 2.